The third-order valence-corrected chi connectivity index (χ3v) is 4.72. The highest BCUT2D eigenvalue weighted by molar-refractivity contribution is 8.03. The maximum atomic E-state index is 9.51. The van der Waals surface area contributed by atoms with Crippen LogP contribution in [0, 0.1) is 11.3 Å². The molecular weight excluding hydrogens is 254 g/mol. The van der Waals surface area contributed by atoms with Crippen LogP contribution in [0.3, 0.4) is 0 Å². The number of hydrogen-bond acceptors (Lipinski definition) is 4. The molecule has 0 bridgehead atoms. The standard InChI is InChI=1S/C15H17N3S/c16-10-11(12-6-2-1-5-9-17-12)15-18-13-7-3-4-8-14(13)19-15/h3-4,7-8,12,17-18H,1-2,5-6,9H2/b15-11-/t12-/m1/s1. The Bertz CT molecular complexity index is 510. The minimum absolute atomic E-state index is 0.205. The molecule has 1 saturated heterocycles. The Kier molecular flexibility index (Phi) is 3.77. The van der Waals surface area contributed by atoms with E-state index >= 15 is 0 Å². The van der Waals surface area contributed by atoms with Crippen LogP contribution in [0.1, 0.15) is 25.7 Å². The predicted octanol–water partition coefficient (Wildman–Crippen LogP) is 3.47. The Labute approximate surface area is 118 Å². The van der Waals surface area contributed by atoms with E-state index in [-0.39, 0.29) is 6.04 Å². The van der Waals surface area contributed by atoms with Gasteiger partial charge in [-0.05, 0) is 31.5 Å². The number of para-hydroxylation sites is 1. The summed E-state index contributed by atoms with van der Waals surface area (Å²) < 4.78 is 0. The number of nitrogens with zero attached hydrogens (tertiary/aromatic N) is 1. The molecule has 0 unspecified atom stereocenters. The molecule has 0 aromatic heterocycles. The van der Waals surface area contributed by atoms with Gasteiger partial charge in [-0.15, -0.1) is 0 Å². The molecule has 4 heteroatoms. The minimum atomic E-state index is 0.205. The predicted molar refractivity (Wildman–Crippen MR) is 78.8 cm³/mol. The zero-order valence-corrected chi connectivity index (χ0v) is 11.6. The summed E-state index contributed by atoms with van der Waals surface area (Å²) in [6.45, 7) is 1.01. The lowest BCUT2D eigenvalue weighted by Crippen LogP contribution is -2.30. The lowest BCUT2D eigenvalue weighted by atomic mass is 10.0. The first-order valence-electron chi connectivity index (χ1n) is 6.80. The number of nitriles is 1. The first-order chi connectivity index (χ1) is 9.38. The van der Waals surface area contributed by atoms with E-state index in [9.17, 15) is 5.26 Å². The van der Waals surface area contributed by atoms with Gasteiger partial charge in [0.2, 0.25) is 0 Å². The van der Waals surface area contributed by atoms with Crippen LogP contribution in [0.2, 0.25) is 0 Å². The van der Waals surface area contributed by atoms with Gasteiger partial charge in [-0.3, -0.25) is 0 Å². The lowest BCUT2D eigenvalue weighted by Gasteiger charge is -2.16. The maximum Gasteiger partial charge on any atom is 0.0991 e. The molecule has 2 aliphatic heterocycles. The number of thioether (sulfide) groups is 1. The minimum Gasteiger partial charge on any atom is -0.348 e. The molecule has 0 saturated carbocycles. The van der Waals surface area contributed by atoms with Gasteiger partial charge in [0, 0.05) is 10.9 Å². The average Bonchev–Trinajstić information content (AvgIpc) is 2.67. The molecule has 19 heavy (non-hydrogen) atoms. The Hall–Kier alpha value is -1.44. The van der Waals surface area contributed by atoms with Crippen LogP contribution in [-0.2, 0) is 0 Å². The summed E-state index contributed by atoms with van der Waals surface area (Å²) in [5.74, 6) is 0. The fourth-order valence-corrected chi connectivity index (χ4v) is 3.66. The molecular formula is C15H17N3S. The van der Waals surface area contributed by atoms with Crippen molar-refractivity contribution in [3.8, 4) is 6.07 Å². The van der Waals surface area contributed by atoms with Crippen molar-refractivity contribution in [3.05, 3.63) is 34.9 Å². The van der Waals surface area contributed by atoms with Gasteiger partial charge >= 0.3 is 0 Å². The molecule has 1 fully saturated rings. The lowest BCUT2D eigenvalue weighted by molar-refractivity contribution is 0.581. The largest absolute Gasteiger partial charge is 0.348 e. The Morgan fingerprint density at radius 2 is 2.16 bits per heavy atom. The molecule has 3 nitrogen and oxygen atoms in total. The van der Waals surface area contributed by atoms with Gasteiger partial charge in [0.05, 0.1) is 22.4 Å². The number of benzene rings is 1. The van der Waals surface area contributed by atoms with E-state index < -0.39 is 0 Å². The van der Waals surface area contributed by atoms with Gasteiger partial charge in [0.15, 0.2) is 0 Å². The van der Waals surface area contributed by atoms with Gasteiger partial charge in [-0.2, -0.15) is 5.26 Å². The van der Waals surface area contributed by atoms with Gasteiger partial charge < -0.3 is 10.6 Å². The quantitative estimate of drug-likeness (QED) is 0.768. The second-order valence-electron chi connectivity index (χ2n) is 4.93. The van der Waals surface area contributed by atoms with Crippen molar-refractivity contribution >= 4 is 17.4 Å². The highest BCUT2D eigenvalue weighted by Crippen LogP contribution is 2.42. The SMILES string of the molecule is N#C/C(=C1\Nc2ccccc2S1)[C@H]1CCCCCN1. The molecule has 0 radical (unpaired) electrons. The first kappa shape index (κ1) is 12.6. The summed E-state index contributed by atoms with van der Waals surface area (Å²) in [4.78, 5) is 1.21. The van der Waals surface area contributed by atoms with Crippen LogP contribution in [0.5, 0.6) is 0 Å². The van der Waals surface area contributed by atoms with Gasteiger partial charge in [-0.1, -0.05) is 36.7 Å². The van der Waals surface area contributed by atoms with E-state index in [4.69, 9.17) is 0 Å². The summed E-state index contributed by atoms with van der Waals surface area (Å²) in [6.07, 6.45) is 4.74. The van der Waals surface area contributed by atoms with E-state index in [0.29, 0.717) is 0 Å². The Morgan fingerprint density at radius 1 is 1.26 bits per heavy atom. The second-order valence-corrected chi connectivity index (χ2v) is 5.99. The molecule has 1 atom stereocenters. The van der Waals surface area contributed by atoms with Crippen LogP contribution < -0.4 is 10.6 Å². The van der Waals surface area contributed by atoms with Crippen LogP contribution in [0.25, 0.3) is 0 Å². The summed E-state index contributed by atoms with van der Waals surface area (Å²) >= 11 is 1.68. The van der Waals surface area contributed by atoms with Gasteiger partial charge in [-0.25, -0.2) is 0 Å². The van der Waals surface area contributed by atoms with E-state index in [0.717, 1.165) is 29.3 Å². The van der Waals surface area contributed by atoms with E-state index in [1.54, 1.807) is 11.8 Å². The number of hydrogen-bond donors (Lipinski definition) is 2. The molecule has 0 amide bonds. The molecule has 2 aliphatic rings. The van der Waals surface area contributed by atoms with Gasteiger partial charge in [0.25, 0.3) is 0 Å². The molecule has 2 N–H and O–H groups in total. The average molecular weight is 271 g/mol. The number of fused-ring (bicyclic) bond motifs is 1. The second kappa shape index (κ2) is 5.68. The number of anilines is 1. The Balaban J connectivity index is 1.87. The topological polar surface area (TPSA) is 47.9 Å². The summed E-state index contributed by atoms with van der Waals surface area (Å²) in [7, 11) is 0. The van der Waals surface area contributed by atoms with Crippen LogP contribution in [0.15, 0.2) is 39.8 Å². The van der Waals surface area contributed by atoms with Crippen molar-refractivity contribution in [1.29, 1.82) is 5.26 Å². The van der Waals surface area contributed by atoms with Crippen LogP contribution in [-0.4, -0.2) is 12.6 Å². The normalized spacial score (nSPS) is 24.9. The zero-order chi connectivity index (χ0) is 13.1. The van der Waals surface area contributed by atoms with Crippen molar-refractivity contribution in [3.63, 3.8) is 0 Å². The molecule has 3 rings (SSSR count). The van der Waals surface area contributed by atoms with Crippen molar-refractivity contribution in [2.75, 3.05) is 11.9 Å². The smallest absolute Gasteiger partial charge is 0.0991 e. The third kappa shape index (κ3) is 2.63. The first-order valence-corrected chi connectivity index (χ1v) is 7.61. The van der Waals surface area contributed by atoms with Crippen LogP contribution in [0.4, 0.5) is 5.69 Å². The van der Waals surface area contributed by atoms with Crippen LogP contribution >= 0.6 is 11.8 Å². The zero-order valence-electron chi connectivity index (χ0n) is 10.8. The molecule has 0 spiro atoms. The fraction of sp³-hybridized carbons (Fsp3) is 0.400. The van der Waals surface area contributed by atoms with Crippen molar-refractivity contribution in [2.24, 2.45) is 0 Å². The van der Waals surface area contributed by atoms with E-state index in [1.807, 2.05) is 12.1 Å². The third-order valence-electron chi connectivity index (χ3n) is 3.62. The van der Waals surface area contributed by atoms with Crippen molar-refractivity contribution in [1.82, 2.24) is 5.32 Å². The summed E-state index contributed by atoms with van der Waals surface area (Å²) in [5.41, 5.74) is 1.98. The highest BCUT2D eigenvalue weighted by Gasteiger charge is 2.24. The summed E-state index contributed by atoms with van der Waals surface area (Å²) in [5, 5.41) is 17.4. The van der Waals surface area contributed by atoms with E-state index in [2.05, 4.69) is 28.8 Å². The maximum absolute atomic E-state index is 9.51. The molecule has 2 heterocycles. The summed E-state index contributed by atoms with van der Waals surface area (Å²) in [6, 6.07) is 10.8. The Morgan fingerprint density at radius 3 is 3.00 bits per heavy atom. The molecule has 1 aromatic carbocycles. The number of rotatable bonds is 1. The molecule has 1 aromatic rings. The fourth-order valence-electron chi connectivity index (χ4n) is 2.60. The molecule has 0 aliphatic carbocycles. The van der Waals surface area contributed by atoms with E-state index in [1.165, 1.54) is 24.2 Å². The highest BCUT2D eigenvalue weighted by atomic mass is 32.2. The molecule has 98 valence electrons. The van der Waals surface area contributed by atoms with Crippen molar-refractivity contribution < 1.29 is 0 Å². The van der Waals surface area contributed by atoms with Crippen molar-refractivity contribution in [2.45, 2.75) is 36.6 Å². The monoisotopic (exact) mass is 271 g/mol. The number of nitrogens with one attached hydrogen (secondary N) is 2. The van der Waals surface area contributed by atoms with Gasteiger partial charge in [0.1, 0.15) is 0 Å².